The lowest BCUT2D eigenvalue weighted by molar-refractivity contribution is -0.122. The van der Waals surface area contributed by atoms with E-state index >= 15 is 0 Å². The maximum Gasteiger partial charge on any atom is 0.335 e. The molecule has 0 aliphatic carbocycles. The van der Waals surface area contributed by atoms with Gasteiger partial charge in [-0.3, -0.25) is 14.9 Å². The van der Waals surface area contributed by atoms with Crippen molar-refractivity contribution < 1.29 is 23.9 Å². The molecule has 0 bridgehead atoms. The van der Waals surface area contributed by atoms with E-state index in [4.69, 9.17) is 21.1 Å². The number of amides is 4. The van der Waals surface area contributed by atoms with Crippen LogP contribution in [0.2, 0.25) is 5.02 Å². The summed E-state index contributed by atoms with van der Waals surface area (Å²) in [6.45, 7) is 7.00. The maximum absolute atomic E-state index is 13.2. The molecule has 1 fully saturated rings. The number of rotatable bonds is 8. The third kappa shape index (κ3) is 6.01. The summed E-state index contributed by atoms with van der Waals surface area (Å²) >= 11 is 6.43. The largest absolute Gasteiger partial charge is 0.494 e. The molecule has 1 N–H and O–H groups in total. The number of nitrogens with one attached hydrogen (secondary N) is 1. The Balaban J connectivity index is 1.52. The third-order valence-corrected chi connectivity index (χ3v) is 6.20. The number of carbonyl (C=O) groups excluding carboxylic acids is 3. The summed E-state index contributed by atoms with van der Waals surface area (Å²) < 4.78 is 11.4. The fourth-order valence-corrected chi connectivity index (χ4v) is 3.99. The van der Waals surface area contributed by atoms with E-state index in [2.05, 4.69) is 18.3 Å². The fourth-order valence-electron chi connectivity index (χ4n) is 3.75. The fraction of sp³-hybridized carbons (Fsp3) is 0.207. The monoisotopic (exact) mass is 518 g/mol. The average molecular weight is 519 g/mol. The summed E-state index contributed by atoms with van der Waals surface area (Å²) in [7, 11) is 0. The Kier molecular flexibility index (Phi) is 7.94. The van der Waals surface area contributed by atoms with Crippen molar-refractivity contribution in [2.75, 3.05) is 11.5 Å². The number of aryl methyl sites for hydroxylation is 2. The van der Waals surface area contributed by atoms with Gasteiger partial charge in [-0.05, 0) is 85.0 Å². The van der Waals surface area contributed by atoms with Crippen LogP contribution in [0.4, 0.5) is 10.5 Å². The van der Waals surface area contributed by atoms with Crippen LogP contribution in [-0.2, 0) is 16.2 Å². The second kappa shape index (κ2) is 11.3. The zero-order valence-electron chi connectivity index (χ0n) is 20.8. The minimum atomic E-state index is -0.817. The number of ether oxygens (including phenoxy) is 2. The van der Waals surface area contributed by atoms with Crippen molar-refractivity contribution in [1.82, 2.24) is 5.32 Å². The van der Waals surface area contributed by atoms with Gasteiger partial charge in [-0.15, -0.1) is 0 Å². The van der Waals surface area contributed by atoms with Gasteiger partial charge in [-0.1, -0.05) is 42.8 Å². The highest BCUT2D eigenvalue weighted by Gasteiger charge is 2.36. The minimum Gasteiger partial charge on any atom is -0.494 e. The first-order chi connectivity index (χ1) is 17.8. The summed E-state index contributed by atoms with van der Waals surface area (Å²) in [6, 6.07) is 16.8. The highest BCUT2D eigenvalue weighted by Crippen LogP contribution is 2.29. The lowest BCUT2D eigenvalue weighted by Crippen LogP contribution is -2.54. The van der Waals surface area contributed by atoms with Crippen molar-refractivity contribution in [3.05, 3.63) is 93.5 Å². The second-order valence-electron chi connectivity index (χ2n) is 8.70. The third-order valence-electron chi connectivity index (χ3n) is 5.90. The van der Waals surface area contributed by atoms with E-state index in [1.54, 1.807) is 42.5 Å². The lowest BCUT2D eigenvalue weighted by Gasteiger charge is -2.26. The molecule has 1 saturated heterocycles. The summed E-state index contributed by atoms with van der Waals surface area (Å²) in [4.78, 5) is 39.1. The van der Waals surface area contributed by atoms with Crippen molar-refractivity contribution in [3.8, 4) is 11.5 Å². The number of imide groups is 2. The first kappa shape index (κ1) is 26.0. The first-order valence-corrected chi connectivity index (χ1v) is 12.3. The van der Waals surface area contributed by atoms with Crippen LogP contribution in [0.15, 0.2) is 66.2 Å². The summed E-state index contributed by atoms with van der Waals surface area (Å²) in [5.41, 5.74) is 4.05. The molecule has 3 aromatic carbocycles. The van der Waals surface area contributed by atoms with Gasteiger partial charge >= 0.3 is 6.03 Å². The Morgan fingerprint density at radius 2 is 1.68 bits per heavy atom. The van der Waals surface area contributed by atoms with Gasteiger partial charge in [0.05, 0.1) is 17.3 Å². The molecule has 0 spiro atoms. The van der Waals surface area contributed by atoms with Crippen LogP contribution in [0.3, 0.4) is 0 Å². The van der Waals surface area contributed by atoms with Crippen LogP contribution >= 0.6 is 11.6 Å². The average Bonchev–Trinajstić information content (AvgIpc) is 2.87. The molecule has 0 unspecified atom stereocenters. The van der Waals surface area contributed by atoms with E-state index in [9.17, 15) is 14.4 Å². The van der Waals surface area contributed by atoms with Gasteiger partial charge in [-0.25, -0.2) is 9.69 Å². The van der Waals surface area contributed by atoms with Crippen molar-refractivity contribution in [2.45, 2.75) is 33.8 Å². The van der Waals surface area contributed by atoms with Gasteiger partial charge in [0.15, 0.2) is 0 Å². The predicted molar refractivity (Wildman–Crippen MR) is 143 cm³/mol. The molecule has 4 amide bonds. The predicted octanol–water partition coefficient (Wildman–Crippen LogP) is 5.99. The van der Waals surface area contributed by atoms with E-state index in [1.807, 2.05) is 26.0 Å². The summed E-state index contributed by atoms with van der Waals surface area (Å²) in [5.74, 6) is -0.414. The maximum atomic E-state index is 13.2. The molecule has 190 valence electrons. The van der Waals surface area contributed by atoms with Crippen molar-refractivity contribution in [3.63, 3.8) is 0 Å². The number of hydrogen-bond donors (Lipinski definition) is 1. The topological polar surface area (TPSA) is 84.9 Å². The van der Waals surface area contributed by atoms with Crippen LogP contribution in [0, 0.1) is 13.8 Å². The minimum absolute atomic E-state index is 0.189. The van der Waals surface area contributed by atoms with Gasteiger partial charge in [0.2, 0.25) is 0 Å². The number of carbonyl (C=O) groups is 3. The number of halogens is 1. The molecule has 0 saturated carbocycles. The first-order valence-electron chi connectivity index (χ1n) is 11.9. The molecule has 37 heavy (non-hydrogen) atoms. The Morgan fingerprint density at radius 1 is 0.919 bits per heavy atom. The number of barbiturate groups is 1. The van der Waals surface area contributed by atoms with Crippen molar-refractivity contribution in [2.24, 2.45) is 0 Å². The summed E-state index contributed by atoms with van der Waals surface area (Å²) in [5, 5.41) is 2.55. The van der Waals surface area contributed by atoms with Gasteiger partial charge in [0.25, 0.3) is 11.8 Å². The Morgan fingerprint density at radius 3 is 2.35 bits per heavy atom. The molecule has 0 atom stereocenters. The Bertz CT molecular complexity index is 1380. The lowest BCUT2D eigenvalue weighted by atomic mass is 10.1. The Hall–Kier alpha value is -4.10. The molecule has 3 aromatic rings. The molecule has 7 nitrogen and oxygen atoms in total. The molecule has 0 radical (unpaired) electrons. The quantitative estimate of drug-likeness (QED) is 0.292. The molecule has 1 aliphatic rings. The van der Waals surface area contributed by atoms with Crippen LogP contribution in [0.1, 0.15) is 35.6 Å². The molecule has 8 heteroatoms. The highest BCUT2D eigenvalue weighted by atomic mass is 35.5. The normalized spacial score (nSPS) is 14.6. The smallest absolute Gasteiger partial charge is 0.335 e. The number of nitrogens with zero attached hydrogens (tertiary/aromatic N) is 1. The van der Waals surface area contributed by atoms with Gasteiger partial charge in [0.1, 0.15) is 23.7 Å². The highest BCUT2D eigenvalue weighted by molar-refractivity contribution is 6.39. The molecule has 0 aromatic heterocycles. The van der Waals surface area contributed by atoms with Crippen LogP contribution in [0.25, 0.3) is 6.08 Å². The molecule has 1 heterocycles. The van der Waals surface area contributed by atoms with E-state index in [0.29, 0.717) is 41.0 Å². The zero-order chi connectivity index (χ0) is 26.5. The number of anilines is 1. The van der Waals surface area contributed by atoms with E-state index < -0.39 is 17.8 Å². The molecule has 4 rings (SSSR count). The van der Waals surface area contributed by atoms with Crippen molar-refractivity contribution >= 4 is 41.2 Å². The molecular formula is C29H27ClN2O5. The molecule has 1 aliphatic heterocycles. The standard InChI is InChI=1S/C29H27ClN2O5/c1-4-13-36-23-10-8-22(9-11-23)32-28(34)24(27(33)31-29(32)35)15-20-7-12-26(25(30)16-20)37-17-21-6-5-18(2)19(3)14-21/h5-12,14-16H,4,13,17H2,1-3H3,(H,31,33,35)/b24-15-. The number of urea groups is 1. The Labute approximate surface area is 220 Å². The van der Waals surface area contributed by atoms with Crippen LogP contribution in [-0.4, -0.2) is 24.5 Å². The van der Waals surface area contributed by atoms with Crippen LogP contribution in [0.5, 0.6) is 11.5 Å². The van der Waals surface area contributed by atoms with E-state index in [-0.39, 0.29) is 5.57 Å². The molecular weight excluding hydrogens is 492 g/mol. The van der Waals surface area contributed by atoms with Gasteiger partial charge in [0, 0.05) is 0 Å². The summed E-state index contributed by atoms with van der Waals surface area (Å²) in [6.07, 6.45) is 2.25. The van der Waals surface area contributed by atoms with Gasteiger partial charge in [-0.2, -0.15) is 0 Å². The van der Waals surface area contributed by atoms with Crippen LogP contribution < -0.4 is 19.7 Å². The van der Waals surface area contributed by atoms with E-state index in [1.165, 1.54) is 17.2 Å². The SMILES string of the molecule is CCCOc1ccc(N2C(=O)NC(=O)/C(=C/c3ccc(OCc4ccc(C)c(C)c4)c(Cl)c3)C2=O)cc1. The zero-order valence-corrected chi connectivity index (χ0v) is 21.6. The number of benzene rings is 3. The van der Waals surface area contributed by atoms with Gasteiger partial charge < -0.3 is 9.47 Å². The van der Waals surface area contributed by atoms with E-state index in [0.717, 1.165) is 16.9 Å². The number of hydrogen-bond acceptors (Lipinski definition) is 5. The van der Waals surface area contributed by atoms with Crippen molar-refractivity contribution in [1.29, 1.82) is 0 Å². The second-order valence-corrected chi connectivity index (χ2v) is 9.10.